The van der Waals surface area contributed by atoms with Crippen LogP contribution in [0.1, 0.15) is 17.5 Å². The van der Waals surface area contributed by atoms with Gasteiger partial charge in [-0.1, -0.05) is 30.0 Å². The second-order valence-corrected chi connectivity index (χ2v) is 8.64. The van der Waals surface area contributed by atoms with Crippen molar-refractivity contribution in [2.45, 2.75) is 13.0 Å². The summed E-state index contributed by atoms with van der Waals surface area (Å²) in [5.74, 6) is 2.20. The number of nitrogens with one attached hydrogen (secondary N) is 1. The number of methoxy groups -OCH3 is 2. The van der Waals surface area contributed by atoms with Gasteiger partial charge in [-0.2, -0.15) is 0 Å². The van der Waals surface area contributed by atoms with Gasteiger partial charge in [0.25, 0.3) is 5.91 Å². The number of benzene rings is 2. The smallest absolute Gasteiger partial charge is 0.263 e. The normalized spacial score (nSPS) is 17.3. The lowest BCUT2D eigenvalue weighted by atomic mass is 10.1. The van der Waals surface area contributed by atoms with Gasteiger partial charge in [0.2, 0.25) is 0 Å². The van der Waals surface area contributed by atoms with E-state index in [4.69, 9.17) is 26.4 Å². The minimum Gasteiger partial charge on any atom is -0.497 e. The first kappa shape index (κ1) is 20.6. The Labute approximate surface area is 185 Å². The Bertz CT molecular complexity index is 1000. The summed E-state index contributed by atoms with van der Waals surface area (Å²) in [6, 6.07) is 11.9. The molecule has 0 aromatic heterocycles. The number of fused-ring (bicyclic) bond motifs is 1. The predicted octanol–water partition coefficient (Wildman–Crippen LogP) is 3.98. The third-order valence-corrected chi connectivity index (χ3v) is 6.04. The van der Waals surface area contributed by atoms with E-state index in [9.17, 15) is 4.79 Å². The highest BCUT2D eigenvalue weighted by Gasteiger charge is 2.23. The zero-order valence-corrected chi connectivity index (χ0v) is 18.4. The van der Waals surface area contributed by atoms with Gasteiger partial charge in [-0.05, 0) is 47.9 Å². The van der Waals surface area contributed by atoms with E-state index in [-0.39, 0.29) is 5.91 Å². The average molecular weight is 443 g/mol. The van der Waals surface area contributed by atoms with E-state index in [1.807, 2.05) is 36.4 Å². The zero-order valence-electron chi connectivity index (χ0n) is 16.8. The first-order valence-electron chi connectivity index (χ1n) is 9.54. The van der Waals surface area contributed by atoms with Gasteiger partial charge in [0.15, 0.2) is 0 Å². The van der Waals surface area contributed by atoms with Crippen molar-refractivity contribution in [3.8, 4) is 17.2 Å². The van der Waals surface area contributed by atoms with Crippen LogP contribution >= 0.6 is 24.0 Å². The monoisotopic (exact) mass is 442 g/mol. The molecule has 4 rings (SSSR count). The minimum atomic E-state index is -0.156. The summed E-state index contributed by atoms with van der Waals surface area (Å²) in [6.07, 6.45) is 2.77. The van der Waals surface area contributed by atoms with Crippen LogP contribution < -0.4 is 24.4 Å². The fourth-order valence-corrected chi connectivity index (χ4v) is 4.51. The zero-order chi connectivity index (χ0) is 21.1. The molecule has 156 valence electrons. The van der Waals surface area contributed by atoms with Gasteiger partial charge >= 0.3 is 0 Å². The lowest BCUT2D eigenvalue weighted by Crippen LogP contribution is -2.23. The summed E-state index contributed by atoms with van der Waals surface area (Å²) >= 11 is 6.36. The maximum Gasteiger partial charge on any atom is 0.263 e. The number of rotatable bonds is 5. The Morgan fingerprint density at radius 2 is 1.97 bits per heavy atom. The van der Waals surface area contributed by atoms with Crippen molar-refractivity contribution in [3.63, 3.8) is 0 Å². The number of thioether (sulfide) groups is 1. The molecule has 1 saturated heterocycles. The summed E-state index contributed by atoms with van der Waals surface area (Å²) in [5.41, 5.74) is 3.00. The van der Waals surface area contributed by atoms with E-state index in [1.165, 1.54) is 11.8 Å². The molecule has 0 atom stereocenters. The fourth-order valence-electron chi connectivity index (χ4n) is 3.47. The number of carbonyl (C=O) groups excluding carboxylic acids is 1. The molecule has 0 radical (unpaired) electrons. The Hall–Kier alpha value is -2.71. The molecular weight excluding hydrogens is 420 g/mol. The molecule has 0 spiro atoms. The van der Waals surface area contributed by atoms with Crippen LogP contribution in [0.3, 0.4) is 0 Å². The lowest BCUT2D eigenvalue weighted by molar-refractivity contribution is -0.115. The molecule has 0 aliphatic carbocycles. The van der Waals surface area contributed by atoms with Crippen LogP contribution in [0, 0.1) is 0 Å². The molecule has 2 heterocycles. The highest BCUT2D eigenvalue weighted by molar-refractivity contribution is 8.26. The largest absolute Gasteiger partial charge is 0.497 e. The Morgan fingerprint density at radius 3 is 2.63 bits per heavy atom. The Kier molecular flexibility index (Phi) is 6.15. The van der Waals surface area contributed by atoms with Crippen molar-refractivity contribution in [1.29, 1.82) is 0 Å². The first-order valence-corrected chi connectivity index (χ1v) is 10.8. The van der Waals surface area contributed by atoms with Crippen LogP contribution in [-0.2, 0) is 11.3 Å². The van der Waals surface area contributed by atoms with E-state index in [2.05, 4.69) is 16.3 Å². The lowest BCUT2D eigenvalue weighted by Gasteiger charge is -2.25. The number of ether oxygens (including phenoxy) is 3. The molecule has 30 heavy (non-hydrogen) atoms. The predicted molar refractivity (Wildman–Crippen MR) is 123 cm³/mol. The maximum absolute atomic E-state index is 12.0. The average Bonchev–Trinajstić information content (AvgIpc) is 2.94. The topological polar surface area (TPSA) is 60.0 Å². The van der Waals surface area contributed by atoms with Crippen molar-refractivity contribution >= 4 is 46.0 Å². The van der Waals surface area contributed by atoms with Gasteiger partial charge < -0.3 is 24.4 Å². The van der Waals surface area contributed by atoms with Crippen LogP contribution in [0.2, 0.25) is 0 Å². The van der Waals surface area contributed by atoms with Crippen LogP contribution in [0.4, 0.5) is 5.69 Å². The molecule has 2 aliphatic rings. The number of nitrogens with zero attached hydrogens (tertiary/aromatic N) is 1. The third kappa shape index (κ3) is 4.55. The molecule has 8 heteroatoms. The van der Waals surface area contributed by atoms with Gasteiger partial charge in [0, 0.05) is 19.2 Å². The Balaban J connectivity index is 1.66. The van der Waals surface area contributed by atoms with Crippen LogP contribution in [0.25, 0.3) is 6.08 Å². The van der Waals surface area contributed by atoms with Crippen molar-refractivity contribution in [1.82, 2.24) is 5.32 Å². The molecule has 0 unspecified atom stereocenters. The van der Waals surface area contributed by atoms with E-state index in [1.54, 1.807) is 14.2 Å². The standard InChI is InChI=1S/C22H22N2O4S2/c1-26-16-8-15(9-17(12-16)27-2)13-24-6-3-7-28-19-5-4-14(10-18(19)24)11-20-21(25)23-22(29)30-20/h4-5,8-12H,3,6-7,13H2,1-2H3,(H,23,25,29)/b20-11-. The highest BCUT2D eigenvalue weighted by Crippen LogP contribution is 2.35. The maximum atomic E-state index is 12.0. The fraction of sp³-hybridized carbons (Fsp3) is 0.273. The van der Waals surface area contributed by atoms with Crippen LogP contribution in [0.15, 0.2) is 41.3 Å². The van der Waals surface area contributed by atoms with Crippen molar-refractivity contribution in [3.05, 3.63) is 52.4 Å². The van der Waals surface area contributed by atoms with Gasteiger partial charge in [-0.15, -0.1) is 0 Å². The van der Waals surface area contributed by atoms with Gasteiger partial charge in [-0.3, -0.25) is 4.79 Å². The molecular formula is C22H22N2O4S2. The van der Waals surface area contributed by atoms with E-state index in [0.717, 1.165) is 47.0 Å². The second-order valence-electron chi connectivity index (χ2n) is 6.92. The van der Waals surface area contributed by atoms with Crippen molar-refractivity contribution in [2.75, 3.05) is 32.3 Å². The van der Waals surface area contributed by atoms with Crippen molar-refractivity contribution in [2.24, 2.45) is 0 Å². The molecule has 2 aromatic rings. The number of anilines is 1. The van der Waals surface area contributed by atoms with Gasteiger partial charge in [-0.25, -0.2) is 0 Å². The van der Waals surface area contributed by atoms with E-state index >= 15 is 0 Å². The number of thiocarbonyl (C=S) groups is 1. The number of carbonyl (C=O) groups is 1. The van der Waals surface area contributed by atoms with Gasteiger partial charge in [0.05, 0.1) is 31.4 Å². The third-order valence-electron chi connectivity index (χ3n) is 4.88. The van der Waals surface area contributed by atoms with Crippen molar-refractivity contribution < 1.29 is 19.0 Å². The Morgan fingerprint density at radius 1 is 1.20 bits per heavy atom. The summed E-state index contributed by atoms with van der Waals surface area (Å²) in [5, 5.41) is 2.65. The molecule has 1 fully saturated rings. The van der Waals surface area contributed by atoms with E-state index in [0.29, 0.717) is 22.4 Å². The van der Waals surface area contributed by atoms with Crippen LogP contribution in [0.5, 0.6) is 17.2 Å². The molecule has 2 aromatic carbocycles. The summed E-state index contributed by atoms with van der Waals surface area (Å²) in [4.78, 5) is 14.9. The van der Waals surface area contributed by atoms with Crippen LogP contribution in [-0.4, -0.2) is 37.6 Å². The number of amides is 1. The number of hydrogen-bond donors (Lipinski definition) is 1. The second kappa shape index (κ2) is 8.97. The summed E-state index contributed by atoms with van der Waals surface area (Å²) in [6.45, 7) is 2.20. The molecule has 1 amide bonds. The minimum absolute atomic E-state index is 0.156. The highest BCUT2D eigenvalue weighted by atomic mass is 32.2. The molecule has 1 N–H and O–H groups in total. The summed E-state index contributed by atoms with van der Waals surface area (Å²) in [7, 11) is 3.30. The SMILES string of the molecule is COc1cc(CN2CCCOc3ccc(/C=C4\SC(=S)NC4=O)cc32)cc(OC)c1. The van der Waals surface area contributed by atoms with E-state index < -0.39 is 0 Å². The quantitative estimate of drug-likeness (QED) is 0.555. The molecule has 2 aliphatic heterocycles. The summed E-state index contributed by atoms with van der Waals surface area (Å²) < 4.78 is 17.3. The van der Waals surface area contributed by atoms with Gasteiger partial charge in [0.1, 0.15) is 21.6 Å². The number of hydrogen-bond acceptors (Lipinski definition) is 7. The first-order chi connectivity index (χ1) is 14.6. The molecule has 6 nitrogen and oxygen atoms in total. The molecule has 0 bridgehead atoms. The molecule has 0 saturated carbocycles.